The zero-order valence-corrected chi connectivity index (χ0v) is 23.7. The fourth-order valence-corrected chi connectivity index (χ4v) is 7.35. The van der Waals surface area contributed by atoms with Gasteiger partial charge in [-0.2, -0.15) is 0 Å². The van der Waals surface area contributed by atoms with Gasteiger partial charge >= 0.3 is 0 Å². The molecule has 206 valence electrons. The Morgan fingerprint density at radius 1 is 1.05 bits per heavy atom. The van der Waals surface area contributed by atoms with Crippen molar-refractivity contribution in [2.24, 2.45) is 23.2 Å². The predicted octanol–water partition coefficient (Wildman–Crippen LogP) is 2.62. The van der Waals surface area contributed by atoms with Crippen LogP contribution in [0, 0.1) is 23.2 Å². The molecule has 4 heterocycles. The molecule has 1 spiro atoms. The number of rotatable bonds is 6. The summed E-state index contributed by atoms with van der Waals surface area (Å²) in [5.74, 6) is -1.94. The van der Waals surface area contributed by atoms with Crippen LogP contribution in [0.3, 0.4) is 0 Å². The van der Waals surface area contributed by atoms with Gasteiger partial charge in [-0.05, 0) is 38.0 Å². The van der Waals surface area contributed by atoms with Gasteiger partial charge in [0.15, 0.2) is 0 Å². The number of carbonyl (C=O) groups is 3. The molecule has 1 unspecified atom stereocenters. The summed E-state index contributed by atoms with van der Waals surface area (Å²) in [6.45, 7) is 15.3. The molecule has 0 radical (unpaired) electrons. The summed E-state index contributed by atoms with van der Waals surface area (Å²) in [5, 5.41) is 10.4. The second kappa shape index (κ2) is 9.53. The highest BCUT2D eigenvalue weighted by Crippen LogP contribution is 2.54. The van der Waals surface area contributed by atoms with E-state index in [2.05, 4.69) is 34.6 Å². The van der Waals surface area contributed by atoms with Crippen LogP contribution in [0.4, 0.5) is 0 Å². The van der Waals surface area contributed by atoms with Gasteiger partial charge < -0.3 is 24.5 Å². The molecule has 3 amide bonds. The lowest BCUT2D eigenvalue weighted by atomic mass is 9.77. The van der Waals surface area contributed by atoms with E-state index in [1.807, 2.05) is 43.1 Å². The fraction of sp³-hybridized carbons (Fsp3) is 0.759. The Labute approximate surface area is 221 Å². The standard InChI is InChI=1S/C29H45N3O5/c1-18(2)15-19(16-33)32-23-26(36)31(28(6,7)17-27(3,4)5)14-10-12-29(23)22(25(32)35)21-20(37-29)11-9-13-30(8)24(21)34/h9-12,18-23,33H,13-17H2,1-8H3/t19-,20-,21+,22+,23?,29+/m1/s1. The van der Waals surface area contributed by atoms with E-state index in [1.54, 1.807) is 16.8 Å². The summed E-state index contributed by atoms with van der Waals surface area (Å²) in [4.78, 5) is 47.5. The minimum Gasteiger partial charge on any atom is -0.394 e. The zero-order chi connectivity index (χ0) is 27.5. The lowest BCUT2D eigenvalue weighted by Gasteiger charge is -2.45. The smallest absolute Gasteiger partial charge is 0.249 e. The van der Waals surface area contributed by atoms with Crippen LogP contribution in [0.15, 0.2) is 24.3 Å². The largest absolute Gasteiger partial charge is 0.394 e. The molecular formula is C29H45N3O5. The third-order valence-electron chi connectivity index (χ3n) is 8.34. The Hall–Kier alpha value is -2.19. The summed E-state index contributed by atoms with van der Waals surface area (Å²) in [6.07, 6.45) is 8.32. The molecule has 0 aromatic carbocycles. The van der Waals surface area contributed by atoms with Gasteiger partial charge in [-0.25, -0.2) is 0 Å². The Kier molecular flexibility index (Phi) is 7.17. The van der Waals surface area contributed by atoms with Gasteiger partial charge in [-0.1, -0.05) is 58.9 Å². The van der Waals surface area contributed by atoms with Crippen molar-refractivity contribution in [3.05, 3.63) is 24.3 Å². The first-order valence-electron chi connectivity index (χ1n) is 13.7. The molecule has 0 aromatic rings. The van der Waals surface area contributed by atoms with E-state index >= 15 is 0 Å². The van der Waals surface area contributed by atoms with Crippen LogP contribution in [-0.2, 0) is 19.1 Å². The molecular weight excluding hydrogens is 470 g/mol. The Morgan fingerprint density at radius 3 is 2.32 bits per heavy atom. The highest BCUT2D eigenvalue weighted by molar-refractivity contribution is 6.00. The van der Waals surface area contributed by atoms with E-state index in [-0.39, 0.29) is 35.7 Å². The molecule has 1 N–H and O–H groups in total. The number of nitrogens with zero attached hydrogens (tertiary/aromatic N) is 3. The zero-order valence-electron chi connectivity index (χ0n) is 23.7. The maximum atomic E-state index is 14.6. The second-order valence-electron chi connectivity index (χ2n) is 13.6. The number of ether oxygens (including phenoxy) is 1. The molecule has 0 aliphatic carbocycles. The number of amides is 3. The first kappa shape index (κ1) is 27.8. The Balaban J connectivity index is 1.86. The van der Waals surface area contributed by atoms with Crippen molar-refractivity contribution >= 4 is 17.7 Å². The van der Waals surface area contributed by atoms with Gasteiger partial charge in [0, 0.05) is 25.7 Å². The molecule has 4 rings (SSSR count). The minimum atomic E-state index is -1.27. The summed E-state index contributed by atoms with van der Waals surface area (Å²) in [5.41, 5.74) is -1.77. The summed E-state index contributed by atoms with van der Waals surface area (Å²) >= 11 is 0. The van der Waals surface area contributed by atoms with Gasteiger partial charge in [-0.3, -0.25) is 14.4 Å². The summed E-state index contributed by atoms with van der Waals surface area (Å²) in [7, 11) is 1.73. The van der Waals surface area contributed by atoms with Crippen LogP contribution in [-0.4, -0.2) is 93.6 Å². The number of hydrogen-bond acceptors (Lipinski definition) is 5. The highest BCUT2D eigenvalue weighted by atomic mass is 16.5. The van der Waals surface area contributed by atoms with Crippen molar-refractivity contribution in [3.63, 3.8) is 0 Å². The summed E-state index contributed by atoms with van der Waals surface area (Å²) < 4.78 is 6.68. The number of fused-ring (bicyclic) bond motifs is 2. The first-order valence-corrected chi connectivity index (χ1v) is 13.7. The van der Waals surface area contributed by atoms with Crippen molar-refractivity contribution in [2.45, 2.75) is 90.6 Å². The number of carbonyl (C=O) groups excluding carboxylic acids is 3. The van der Waals surface area contributed by atoms with Crippen LogP contribution >= 0.6 is 0 Å². The monoisotopic (exact) mass is 515 g/mol. The first-order chi connectivity index (χ1) is 17.1. The van der Waals surface area contributed by atoms with Crippen LogP contribution < -0.4 is 0 Å². The van der Waals surface area contributed by atoms with Gasteiger partial charge in [0.25, 0.3) is 0 Å². The Morgan fingerprint density at radius 2 is 1.73 bits per heavy atom. The number of likely N-dealkylation sites (N-methyl/N-ethyl adjacent to an activating group) is 1. The minimum absolute atomic E-state index is 0.0185. The SMILES string of the molecule is CC(C)C[C@H](CO)N1C(=O)[C@@H]2[C@H]3C(=O)N(C)CC=C[C@H]3O[C@@]23C=CCN(C(C)(C)CC(C)(C)C)C(=O)C13. The molecule has 0 saturated carbocycles. The molecule has 37 heavy (non-hydrogen) atoms. The normalized spacial score (nSPS) is 33.0. The lowest BCUT2D eigenvalue weighted by Crippen LogP contribution is -2.61. The molecule has 0 bridgehead atoms. The predicted molar refractivity (Wildman–Crippen MR) is 141 cm³/mol. The van der Waals surface area contributed by atoms with Gasteiger partial charge in [0.2, 0.25) is 17.7 Å². The maximum absolute atomic E-state index is 14.6. The molecule has 4 aliphatic rings. The number of likely N-dealkylation sites (tertiary alicyclic amines) is 1. The molecule has 8 heteroatoms. The van der Waals surface area contributed by atoms with Crippen LogP contribution in [0.2, 0.25) is 0 Å². The van der Waals surface area contributed by atoms with Gasteiger partial charge in [-0.15, -0.1) is 0 Å². The van der Waals surface area contributed by atoms with Crippen LogP contribution in [0.5, 0.6) is 0 Å². The van der Waals surface area contributed by atoms with Gasteiger partial charge in [0.1, 0.15) is 11.6 Å². The van der Waals surface area contributed by atoms with Crippen molar-refractivity contribution in [1.82, 2.24) is 14.7 Å². The van der Waals surface area contributed by atoms with Crippen LogP contribution in [0.25, 0.3) is 0 Å². The molecule has 2 fully saturated rings. The maximum Gasteiger partial charge on any atom is 0.249 e. The average molecular weight is 516 g/mol. The van der Waals surface area contributed by atoms with E-state index in [1.165, 1.54) is 0 Å². The molecule has 4 aliphatic heterocycles. The van der Waals surface area contributed by atoms with Gasteiger partial charge in [0.05, 0.1) is 30.6 Å². The van der Waals surface area contributed by atoms with E-state index in [0.717, 1.165) is 6.42 Å². The number of aliphatic hydroxyl groups excluding tert-OH is 1. The summed E-state index contributed by atoms with van der Waals surface area (Å²) in [6, 6.07) is -1.49. The van der Waals surface area contributed by atoms with Crippen molar-refractivity contribution in [2.75, 3.05) is 26.7 Å². The van der Waals surface area contributed by atoms with E-state index in [9.17, 15) is 19.5 Å². The highest BCUT2D eigenvalue weighted by Gasteiger charge is 2.72. The molecule has 6 atom stereocenters. The lowest BCUT2D eigenvalue weighted by molar-refractivity contribution is -0.155. The van der Waals surface area contributed by atoms with Crippen LogP contribution in [0.1, 0.15) is 61.3 Å². The average Bonchev–Trinajstić information content (AvgIpc) is 3.09. The number of hydrogen-bond donors (Lipinski definition) is 1. The van der Waals surface area contributed by atoms with Crippen molar-refractivity contribution < 1.29 is 24.2 Å². The third kappa shape index (κ3) is 4.65. The topological polar surface area (TPSA) is 90.4 Å². The van der Waals surface area contributed by atoms with Crippen molar-refractivity contribution in [1.29, 1.82) is 0 Å². The number of aliphatic hydroxyl groups is 1. The quantitative estimate of drug-likeness (QED) is 0.550. The van der Waals surface area contributed by atoms with E-state index in [0.29, 0.717) is 19.5 Å². The van der Waals surface area contributed by atoms with Crippen molar-refractivity contribution in [3.8, 4) is 0 Å². The van der Waals surface area contributed by atoms with E-state index < -0.39 is 41.2 Å². The Bertz CT molecular complexity index is 996. The molecule has 0 aromatic heterocycles. The molecule has 2 saturated heterocycles. The van der Waals surface area contributed by atoms with E-state index in [4.69, 9.17) is 4.74 Å². The fourth-order valence-electron chi connectivity index (χ4n) is 7.35. The molecule has 8 nitrogen and oxygen atoms in total. The third-order valence-corrected chi connectivity index (χ3v) is 8.34. The second-order valence-corrected chi connectivity index (χ2v) is 13.6.